The molecule has 0 heterocycles. The van der Waals surface area contributed by atoms with Crippen LogP contribution in [0.15, 0.2) is 12.1 Å². The van der Waals surface area contributed by atoms with Gasteiger partial charge in [-0.15, -0.1) is 0 Å². The number of benzene rings is 1. The number of aryl methyl sites for hydroxylation is 1. The van der Waals surface area contributed by atoms with Crippen molar-refractivity contribution in [2.75, 3.05) is 6.61 Å². The lowest BCUT2D eigenvalue weighted by molar-refractivity contribution is -0.173. The third-order valence-corrected chi connectivity index (χ3v) is 7.42. The highest BCUT2D eigenvalue weighted by Gasteiger charge is 2.66. The van der Waals surface area contributed by atoms with Crippen LogP contribution in [0, 0.1) is 42.9 Å². The highest BCUT2D eigenvalue weighted by molar-refractivity contribution is 6.28. The molecule has 1 saturated carbocycles. The first-order valence-corrected chi connectivity index (χ1v) is 9.06. The lowest BCUT2D eigenvalue weighted by atomic mass is 9.44. The van der Waals surface area contributed by atoms with E-state index in [2.05, 4.69) is 0 Å². The van der Waals surface area contributed by atoms with E-state index in [9.17, 15) is 19.5 Å². The highest BCUT2D eigenvalue weighted by Crippen LogP contribution is 2.58. The molecule has 1 aliphatic rings. The van der Waals surface area contributed by atoms with Crippen molar-refractivity contribution in [1.82, 2.24) is 0 Å². The predicted molar refractivity (Wildman–Crippen MR) is 101 cm³/mol. The number of carbonyl (C=O) groups excluding carboxylic acids is 3. The number of hydrogen-bond acceptors (Lipinski definition) is 4. The van der Waals surface area contributed by atoms with Gasteiger partial charge in [-0.1, -0.05) is 46.8 Å². The maximum Gasteiger partial charge on any atom is 0.181 e. The van der Waals surface area contributed by atoms with Crippen molar-refractivity contribution < 1.29 is 19.5 Å². The van der Waals surface area contributed by atoms with Crippen LogP contribution in [0.5, 0.6) is 0 Å². The smallest absolute Gasteiger partial charge is 0.181 e. The van der Waals surface area contributed by atoms with Crippen LogP contribution in [0.3, 0.4) is 0 Å². The van der Waals surface area contributed by atoms with E-state index in [-0.39, 0.29) is 6.61 Å². The van der Waals surface area contributed by atoms with E-state index in [0.717, 1.165) is 16.7 Å². The molecule has 0 unspecified atom stereocenters. The minimum absolute atomic E-state index is 0.298. The van der Waals surface area contributed by atoms with Crippen LogP contribution in [0.1, 0.15) is 61.7 Å². The maximum absolute atomic E-state index is 13.3. The van der Waals surface area contributed by atoms with Gasteiger partial charge in [0.15, 0.2) is 17.3 Å². The van der Waals surface area contributed by atoms with Crippen molar-refractivity contribution in [3.63, 3.8) is 0 Å². The zero-order valence-electron chi connectivity index (χ0n) is 17.1. The van der Waals surface area contributed by atoms with Gasteiger partial charge >= 0.3 is 0 Å². The molecule has 0 spiro atoms. The Balaban J connectivity index is 2.64. The molecule has 0 aromatic heterocycles. The van der Waals surface area contributed by atoms with Crippen LogP contribution in [0.25, 0.3) is 0 Å². The Morgan fingerprint density at radius 2 is 1.38 bits per heavy atom. The number of carbonyl (C=O) groups is 3. The molecule has 4 heteroatoms. The topological polar surface area (TPSA) is 71.4 Å². The van der Waals surface area contributed by atoms with Gasteiger partial charge in [-0.25, -0.2) is 0 Å². The summed E-state index contributed by atoms with van der Waals surface area (Å²) in [6.45, 7) is 14.1. The summed E-state index contributed by atoms with van der Waals surface area (Å²) >= 11 is 0. The van der Waals surface area contributed by atoms with Crippen LogP contribution < -0.4 is 0 Å². The Bertz CT molecular complexity index is 771. The van der Waals surface area contributed by atoms with Gasteiger partial charge in [0.05, 0.1) is 6.61 Å². The molecule has 0 amide bonds. The second kappa shape index (κ2) is 6.12. The van der Waals surface area contributed by atoms with Crippen LogP contribution in [-0.2, 0) is 9.59 Å². The van der Waals surface area contributed by atoms with E-state index in [4.69, 9.17) is 0 Å². The fraction of sp³-hybridized carbons (Fsp3) is 0.591. The van der Waals surface area contributed by atoms with Crippen LogP contribution >= 0.6 is 0 Å². The Hall–Kier alpha value is -1.81. The number of Topliss-reactive ketones (excluding diaryl/α,β-unsaturated/α-hetero) is 3. The third kappa shape index (κ3) is 2.42. The van der Waals surface area contributed by atoms with Crippen molar-refractivity contribution in [3.05, 3.63) is 34.4 Å². The van der Waals surface area contributed by atoms with E-state index in [0.29, 0.717) is 5.56 Å². The van der Waals surface area contributed by atoms with Gasteiger partial charge in [-0.05, 0) is 37.5 Å². The summed E-state index contributed by atoms with van der Waals surface area (Å²) in [5, 5.41) is 10.0. The summed E-state index contributed by atoms with van der Waals surface area (Å²) in [6, 6.07) is 3.56. The fourth-order valence-corrected chi connectivity index (χ4v) is 4.18. The standard InChI is InChI=1S/C22H30O4/c1-12-9-10-15(14(3)13(12)2)17(24)16-18(25)20(4,5)22(8,11-23)21(6,7)19(16)26/h9-10,16,23H,11H2,1-8H3. The average Bonchev–Trinajstić information content (AvgIpc) is 2.57. The minimum Gasteiger partial charge on any atom is -0.396 e. The lowest BCUT2D eigenvalue weighted by Gasteiger charge is -2.56. The van der Waals surface area contributed by atoms with Crippen molar-refractivity contribution >= 4 is 17.3 Å². The summed E-state index contributed by atoms with van der Waals surface area (Å²) in [6.07, 6.45) is 0. The zero-order valence-corrected chi connectivity index (χ0v) is 17.1. The van der Waals surface area contributed by atoms with Gasteiger partial charge in [0.2, 0.25) is 0 Å². The quantitative estimate of drug-likeness (QED) is 0.662. The van der Waals surface area contributed by atoms with Crippen LogP contribution in [0.4, 0.5) is 0 Å². The number of aliphatic hydroxyl groups excluding tert-OH is 1. The van der Waals surface area contributed by atoms with Gasteiger partial charge in [-0.3, -0.25) is 14.4 Å². The summed E-state index contributed by atoms with van der Waals surface area (Å²) < 4.78 is 0. The second-order valence-electron chi connectivity index (χ2n) is 8.95. The maximum atomic E-state index is 13.3. The Labute approximate surface area is 156 Å². The number of aliphatic hydroxyl groups is 1. The molecule has 0 bridgehead atoms. The third-order valence-electron chi connectivity index (χ3n) is 7.42. The number of rotatable bonds is 3. The van der Waals surface area contributed by atoms with Crippen molar-refractivity contribution in [3.8, 4) is 0 Å². The number of ketones is 3. The Morgan fingerprint density at radius 3 is 1.81 bits per heavy atom. The molecule has 1 fully saturated rings. The average molecular weight is 358 g/mol. The summed E-state index contributed by atoms with van der Waals surface area (Å²) in [5.74, 6) is -2.55. The van der Waals surface area contributed by atoms with E-state index >= 15 is 0 Å². The summed E-state index contributed by atoms with van der Waals surface area (Å²) in [4.78, 5) is 39.8. The molecule has 26 heavy (non-hydrogen) atoms. The Morgan fingerprint density at radius 1 is 0.923 bits per heavy atom. The molecule has 0 saturated heterocycles. The molecule has 0 atom stereocenters. The molecule has 1 aromatic carbocycles. The molecular weight excluding hydrogens is 328 g/mol. The lowest BCUT2D eigenvalue weighted by Crippen LogP contribution is -2.65. The molecule has 4 nitrogen and oxygen atoms in total. The van der Waals surface area contributed by atoms with Crippen molar-refractivity contribution in [2.24, 2.45) is 22.2 Å². The van der Waals surface area contributed by atoms with E-state index in [1.807, 2.05) is 26.8 Å². The largest absolute Gasteiger partial charge is 0.396 e. The van der Waals surface area contributed by atoms with E-state index < -0.39 is 39.5 Å². The van der Waals surface area contributed by atoms with Gasteiger partial charge < -0.3 is 5.11 Å². The van der Waals surface area contributed by atoms with Gasteiger partial charge in [0, 0.05) is 21.8 Å². The first-order valence-electron chi connectivity index (χ1n) is 9.06. The van der Waals surface area contributed by atoms with Crippen LogP contribution in [0.2, 0.25) is 0 Å². The van der Waals surface area contributed by atoms with Crippen molar-refractivity contribution in [2.45, 2.75) is 55.4 Å². The second-order valence-corrected chi connectivity index (χ2v) is 8.95. The minimum atomic E-state index is -1.32. The van der Waals surface area contributed by atoms with E-state index in [1.54, 1.807) is 40.7 Å². The molecule has 2 rings (SSSR count). The number of hydrogen-bond donors (Lipinski definition) is 1. The SMILES string of the molecule is Cc1ccc(C(=O)C2C(=O)C(C)(C)C(C)(CO)C(C)(C)C2=O)c(C)c1C. The Kier molecular flexibility index (Phi) is 4.83. The molecule has 0 aliphatic heterocycles. The van der Waals surface area contributed by atoms with Gasteiger partial charge in [0.25, 0.3) is 0 Å². The molecule has 1 aliphatic carbocycles. The molecule has 0 radical (unpaired) electrons. The normalized spacial score (nSPS) is 27.5. The van der Waals surface area contributed by atoms with E-state index in [1.165, 1.54) is 0 Å². The molecule has 1 aromatic rings. The monoisotopic (exact) mass is 358 g/mol. The zero-order chi connectivity index (χ0) is 20.2. The first-order chi connectivity index (χ1) is 11.8. The van der Waals surface area contributed by atoms with Crippen molar-refractivity contribution in [1.29, 1.82) is 0 Å². The highest BCUT2D eigenvalue weighted by atomic mass is 16.3. The summed E-state index contributed by atoms with van der Waals surface area (Å²) in [5.41, 5.74) is 0.337. The fourth-order valence-electron chi connectivity index (χ4n) is 4.18. The predicted octanol–water partition coefficient (Wildman–Crippen LogP) is 3.61. The van der Waals surface area contributed by atoms with Gasteiger partial charge in [0.1, 0.15) is 5.92 Å². The molecular formula is C22H30O4. The summed E-state index contributed by atoms with van der Waals surface area (Å²) in [7, 11) is 0. The first kappa shape index (κ1) is 20.5. The van der Waals surface area contributed by atoms with Crippen LogP contribution in [-0.4, -0.2) is 29.1 Å². The van der Waals surface area contributed by atoms with Gasteiger partial charge in [-0.2, -0.15) is 0 Å². The molecule has 1 N–H and O–H groups in total. The molecule has 142 valence electrons.